The Morgan fingerprint density at radius 1 is 0.609 bits per heavy atom. The summed E-state index contributed by atoms with van der Waals surface area (Å²) in [6.07, 6.45) is 6.13. The predicted molar refractivity (Wildman–Crippen MR) is 247 cm³/mol. The van der Waals surface area contributed by atoms with Crippen molar-refractivity contribution in [3.8, 4) is 34.3 Å². The van der Waals surface area contributed by atoms with Gasteiger partial charge in [0.15, 0.2) is 5.78 Å². The smallest absolute Gasteiger partial charge is 1.00 e. The Labute approximate surface area is 397 Å². The van der Waals surface area contributed by atoms with Crippen molar-refractivity contribution < 1.29 is 55.5 Å². The molecule has 2 aliphatic rings. The van der Waals surface area contributed by atoms with Crippen LogP contribution >= 0.6 is 0 Å². The summed E-state index contributed by atoms with van der Waals surface area (Å²) >= 11 is 0. The molecule has 0 bridgehead atoms. The molecule has 0 spiro atoms. The molecule has 8 aromatic rings. The Balaban J connectivity index is 0.000000225. The minimum atomic E-state index is -0.499. The van der Waals surface area contributed by atoms with Gasteiger partial charge in [-0.1, -0.05) is 84.9 Å². The third-order valence-corrected chi connectivity index (χ3v) is 10.6. The Bertz CT molecular complexity index is 2800. The zero-order chi connectivity index (χ0) is 43.0. The summed E-state index contributed by atoms with van der Waals surface area (Å²) in [6, 6.07) is 39.5. The maximum absolute atomic E-state index is 11.5. The number of pyridine rings is 2. The molecule has 2 N–H and O–H groups in total. The van der Waals surface area contributed by atoms with E-state index < -0.39 is 6.10 Å². The van der Waals surface area contributed by atoms with Crippen molar-refractivity contribution in [1.29, 1.82) is 0 Å². The fourth-order valence-electron chi connectivity index (χ4n) is 7.18. The van der Waals surface area contributed by atoms with Gasteiger partial charge in [-0.05, 0) is 55.8 Å². The Morgan fingerprint density at radius 3 is 1.44 bits per heavy atom. The summed E-state index contributed by atoms with van der Waals surface area (Å²) in [5.41, 5.74) is 6.68. The van der Waals surface area contributed by atoms with E-state index in [-0.39, 0.29) is 57.4 Å². The van der Waals surface area contributed by atoms with Crippen molar-refractivity contribution >= 4 is 47.6 Å². The molecule has 15 heteroatoms. The van der Waals surface area contributed by atoms with Crippen molar-refractivity contribution in [3.05, 3.63) is 157 Å². The molecule has 0 aliphatic carbocycles. The van der Waals surface area contributed by atoms with Crippen LogP contribution in [0.1, 0.15) is 37.3 Å². The molecule has 0 saturated carbocycles. The number of nitrogens with zero attached hydrogens (tertiary/aromatic N) is 8. The first-order valence-corrected chi connectivity index (χ1v) is 20.4. The number of hydrogen-bond donors (Lipinski definition) is 2. The van der Waals surface area contributed by atoms with E-state index in [1.165, 1.54) is 0 Å². The van der Waals surface area contributed by atoms with Crippen LogP contribution in [0.4, 0.5) is 11.6 Å². The van der Waals surface area contributed by atoms with Gasteiger partial charge in [0, 0.05) is 67.8 Å². The van der Waals surface area contributed by atoms with Crippen LogP contribution in [0, 0.1) is 0 Å². The van der Waals surface area contributed by atoms with Crippen molar-refractivity contribution in [2.24, 2.45) is 0 Å². The summed E-state index contributed by atoms with van der Waals surface area (Å²) in [4.78, 5) is 43.1. The third kappa shape index (κ3) is 10.9. The largest absolute Gasteiger partial charge is 1.00 e. The molecule has 1 unspecified atom stereocenters. The maximum Gasteiger partial charge on any atom is 1.00 e. The number of rotatable bonds is 10. The summed E-state index contributed by atoms with van der Waals surface area (Å²) in [7, 11) is 1.00. The Hall–Kier alpha value is -6.29. The molecule has 64 heavy (non-hydrogen) atoms. The number of ether oxygens (including phenoxy) is 2. The number of benzene rings is 4. The van der Waals surface area contributed by atoms with Crippen molar-refractivity contribution in [1.82, 2.24) is 29.9 Å². The number of Topliss-reactive ketones (excluding diaryl/α,β-unsaturated/α-hetero) is 1. The molecular weight excluding hydrogens is 814 g/mol. The van der Waals surface area contributed by atoms with E-state index in [0.29, 0.717) is 28.7 Å². The average molecular weight is 862 g/mol. The van der Waals surface area contributed by atoms with Crippen LogP contribution in [0.2, 0.25) is 0 Å². The van der Waals surface area contributed by atoms with E-state index in [1.807, 2.05) is 78.9 Å². The zero-order valence-electron chi connectivity index (χ0n) is 37.2. The summed E-state index contributed by atoms with van der Waals surface area (Å²) < 4.78 is 12.3. The van der Waals surface area contributed by atoms with Gasteiger partial charge in [-0.2, -0.15) is 0 Å². The van der Waals surface area contributed by atoms with Gasteiger partial charge in [0.05, 0.1) is 43.3 Å². The molecule has 4 aromatic carbocycles. The van der Waals surface area contributed by atoms with Crippen LogP contribution in [-0.4, -0.2) is 99.8 Å². The second kappa shape index (κ2) is 21.9. The third-order valence-electron chi connectivity index (χ3n) is 10.6. The fourth-order valence-corrected chi connectivity index (χ4v) is 7.18. The number of para-hydroxylation sites is 2. The van der Waals surface area contributed by atoms with Gasteiger partial charge in [-0.25, -0.2) is 29.9 Å². The molecular formula is C49H47BN8NaO5. The number of anilines is 2. The van der Waals surface area contributed by atoms with Gasteiger partial charge in [-0.3, -0.25) is 4.79 Å². The van der Waals surface area contributed by atoms with E-state index in [4.69, 9.17) is 24.5 Å². The van der Waals surface area contributed by atoms with Crippen LogP contribution in [0.3, 0.4) is 0 Å². The predicted octanol–water partition coefficient (Wildman–Crippen LogP) is 4.52. The molecule has 2 fully saturated rings. The molecule has 2 saturated heterocycles. The van der Waals surface area contributed by atoms with E-state index >= 15 is 0 Å². The van der Waals surface area contributed by atoms with E-state index in [2.05, 4.69) is 60.1 Å². The molecule has 2 aliphatic heterocycles. The number of carbonyl (C=O) groups excluding carboxylic acids is 1. The Kier molecular flexibility index (Phi) is 16.1. The van der Waals surface area contributed by atoms with E-state index in [9.17, 15) is 9.90 Å². The molecule has 13 nitrogen and oxygen atoms in total. The van der Waals surface area contributed by atoms with Crippen LogP contribution in [0.5, 0.6) is 11.8 Å². The summed E-state index contributed by atoms with van der Waals surface area (Å²) in [6.45, 7) is 6.29. The molecule has 0 amide bonds. The van der Waals surface area contributed by atoms with Gasteiger partial charge in [0.2, 0.25) is 11.8 Å². The molecule has 1 atom stereocenters. The molecule has 10 rings (SSSR count). The standard InChI is InChI=1S/C24H22N4O2.C24H20N4O2.CH4O.B.Na.H/c2*1-16(29)17-6-8-19(9-7-17)23-24(26-13-12-25-23)30-20-14-28(15-20)22-11-10-18-4-2-3-5-21(18)27-22;1-2;;;/h2-13,16,20,29H,14-15H2,1H3;2-13,20H,14-15H2,1H3;2H,1H3;;;/q;;;;+1;-1. The number of fused-ring (bicyclic) bond motifs is 2. The number of aliphatic hydroxyl groups excluding tert-OH is 2. The van der Waals surface area contributed by atoms with E-state index in [0.717, 1.165) is 83.4 Å². The van der Waals surface area contributed by atoms with E-state index in [1.54, 1.807) is 50.8 Å². The fraction of sp³-hybridized carbons (Fsp3) is 0.204. The normalized spacial score (nSPS) is 13.6. The number of ketones is 1. The number of aromatic nitrogens is 6. The zero-order valence-corrected chi connectivity index (χ0v) is 38.2. The quantitative estimate of drug-likeness (QED) is 0.146. The molecule has 6 heterocycles. The first-order chi connectivity index (χ1) is 30.3. The van der Waals surface area contributed by atoms with Crippen LogP contribution in [0.15, 0.2) is 146 Å². The number of hydrogen-bond acceptors (Lipinski definition) is 13. The molecule has 4 aromatic heterocycles. The summed E-state index contributed by atoms with van der Waals surface area (Å²) in [5, 5.41) is 19.0. The SMILES string of the molecule is CC(=O)c1ccc(-c2nccnc2OC2CN(c3ccc4ccccc4n3)C2)cc1.CC(O)c1ccc(-c2nccnc2OC2CN(c3ccc4ccccc4n3)C2)cc1.CO.[B].[H-].[Na+]. The van der Waals surface area contributed by atoms with Crippen LogP contribution in [0.25, 0.3) is 44.3 Å². The number of carbonyl (C=O) groups is 1. The van der Waals surface area contributed by atoms with Crippen LogP contribution < -0.4 is 48.8 Å². The molecule has 317 valence electrons. The number of aliphatic hydroxyl groups is 2. The summed E-state index contributed by atoms with van der Waals surface area (Å²) in [5.74, 6) is 2.98. The second-order valence-electron chi connectivity index (χ2n) is 14.9. The van der Waals surface area contributed by atoms with Crippen molar-refractivity contribution in [3.63, 3.8) is 0 Å². The maximum atomic E-state index is 11.5. The van der Waals surface area contributed by atoms with Gasteiger partial charge in [-0.15, -0.1) is 0 Å². The van der Waals surface area contributed by atoms with Gasteiger partial charge in [0.1, 0.15) is 35.2 Å². The monoisotopic (exact) mass is 861 g/mol. The minimum Gasteiger partial charge on any atom is -1.00 e. The first kappa shape index (κ1) is 47.2. The molecule has 3 radical (unpaired) electrons. The second-order valence-corrected chi connectivity index (χ2v) is 14.9. The van der Waals surface area contributed by atoms with Crippen LogP contribution in [-0.2, 0) is 0 Å². The Morgan fingerprint density at radius 2 is 1.02 bits per heavy atom. The van der Waals surface area contributed by atoms with Gasteiger partial charge >= 0.3 is 29.6 Å². The minimum absolute atomic E-state index is 0. The topological polar surface area (TPSA) is 160 Å². The first-order valence-electron chi connectivity index (χ1n) is 20.4. The average Bonchev–Trinajstić information content (AvgIpc) is 3.29. The van der Waals surface area contributed by atoms with Crippen molar-refractivity contribution in [2.75, 3.05) is 43.1 Å². The van der Waals surface area contributed by atoms with Crippen molar-refractivity contribution in [2.45, 2.75) is 32.2 Å². The van der Waals surface area contributed by atoms with Gasteiger partial charge in [0.25, 0.3) is 0 Å². The van der Waals surface area contributed by atoms with Gasteiger partial charge < -0.3 is 30.9 Å².